The summed E-state index contributed by atoms with van der Waals surface area (Å²) in [5.41, 5.74) is 2.56. The van der Waals surface area contributed by atoms with Gasteiger partial charge in [0.05, 0.1) is 12.5 Å². The number of fused-ring (bicyclic) bond motifs is 1. The van der Waals surface area contributed by atoms with E-state index in [1.54, 1.807) is 18.7 Å². The quantitative estimate of drug-likeness (QED) is 0.553. The van der Waals surface area contributed by atoms with E-state index in [4.69, 9.17) is 8.83 Å². The summed E-state index contributed by atoms with van der Waals surface area (Å²) in [6.07, 6.45) is 4.90. The highest BCUT2D eigenvalue weighted by atomic mass is 16.3. The van der Waals surface area contributed by atoms with Gasteiger partial charge in [-0.15, -0.1) is 0 Å². The van der Waals surface area contributed by atoms with Crippen molar-refractivity contribution >= 4 is 11.2 Å². The monoisotopic (exact) mass is 263 g/mol. The summed E-state index contributed by atoms with van der Waals surface area (Å²) in [6.45, 7) is 0. The lowest BCUT2D eigenvalue weighted by Crippen LogP contribution is -1.95. The molecule has 4 rings (SSSR count). The molecule has 0 fully saturated rings. The Bertz CT molecular complexity index is 779. The molecule has 0 aliphatic carbocycles. The van der Waals surface area contributed by atoms with Crippen molar-refractivity contribution in [3.05, 3.63) is 55.1 Å². The van der Waals surface area contributed by atoms with Crippen molar-refractivity contribution in [2.45, 2.75) is 0 Å². The normalized spacial score (nSPS) is 11.0. The predicted octanol–water partition coefficient (Wildman–Crippen LogP) is 3.54. The number of hydrogen-bond donors (Lipinski definition) is 0. The molecule has 0 aliphatic heterocycles. The van der Waals surface area contributed by atoms with E-state index in [2.05, 4.69) is 15.0 Å². The van der Waals surface area contributed by atoms with Gasteiger partial charge in [0.25, 0.3) is 0 Å². The smallest absolute Gasteiger partial charge is 0.178 e. The molecule has 0 atom stereocenters. The van der Waals surface area contributed by atoms with E-state index < -0.39 is 0 Å². The van der Waals surface area contributed by atoms with Crippen LogP contribution >= 0.6 is 0 Å². The van der Waals surface area contributed by atoms with Crippen molar-refractivity contribution in [3.8, 4) is 22.9 Å². The van der Waals surface area contributed by atoms with Crippen LogP contribution in [0.2, 0.25) is 0 Å². The van der Waals surface area contributed by atoms with Gasteiger partial charge in [0.1, 0.15) is 16.9 Å². The fourth-order valence-corrected chi connectivity index (χ4v) is 2.06. The first kappa shape index (κ1) is 10.9. The van der Waals surface area contributed by atoms with E-state index in [-0.39, 0.29) is 0 Å². The van der Waals surface area contributed by atoms with Gasteiger partial charge in [-0.2, -0.15) is 0 Å². The number of hydrogen-bond acceptors (Lipinski definition) is 5. The van der Waals surface area contributed by atoms with E-state index in [1.807, 2.05) is 36.4 Å². The predicted molar refractivity (Wildman–Crippen MR) is 72.7 cm³/mol. The molecule has 0 spiro atoms. The second-order valence-electron chi connectivity index (χ2n) is 4.22. The van der Waals surface area contributed by atoms with Crippen molar-refractivity contribution in [2.75, 3.05) is 0 Å². The third-order valence-electron chi connectivity index (χ3n) is 2.95. The Kier molecular flexibility index (Phi) is 2.35. The van der Waals surface area contributed by atoms with Crippen molar-refractivity contribution in [1.82, 2.24) is 15.0 Å². The van der Waals surface area contributed by atoms with Crippen LogP contribution in [0.3, 0.4) is 0 Å². The van der Waals surface area contributed by atoms with E-state index >= 15 is 0 Å². The van der Waals surface area contributed by atoms with Crippen LogP contribution < -0.4 is 0 Å². The second kappa shape index (κ2) is 4.31. The molecule has 4 aromatic rings. The molecule has 0 unspecified atom stereocenters. The second-order valence-corrected chi connectivity index (χ2v) is 4.22. The van der Waals surface area contributed by atoms with Gasteiger partial charge < -0.3 is 8.83 Å². The molecule has 0 N–H and O–H groups in total. The Balaban J connectivity index is 2.06. The van der Waals surface area contributed by atoms with Crippen molar-refractivity contribution in [1.29, 1.82) is 0 Å². The minimum absolute atomic E-state index is 0.578. The Morgan fingerprint density at radius 1 is 0.750 bits per heavy atom. The summed E-state index contributed by atoms with van der Waals surface area (Å²) in [6, 6.07) is 11.0. The fraction of sp³-hybridized carbons (Fsp3) is 0. The van der Waals surface area contributed by atoms with Gasteiger partial charge in [-0.05, 0) is 36.4 Å². The average molecular weight is 263 g/mol. The van der Waals surface area contributed by atoms with E-state index in [1.165, 1.54) is 0 Å². The lowest BCUT2D eigenvalue weighted by molar-refractivity contribution is 0.572. The molecule has 0 radical (unpaired) electrons. The highest BCUT2D eigenvalue weighted by Crippen LogP contribution is 2.30. The summed E-state index contributed by atoms with van der Waals surface area (Å²) < 4.78 is 10.9. The highest BCUT2D eigenvalue weighted by Gasteiger charge is 2.17. The maximum Gasteiger partial charge on any atom is 0.178 e. The molecule has 0 aliphatic rings. The largest absolute Gasteiger partial charge is 0.463 e. The third-order valence-corrected chi connectivity index (χ3v) is 2.95. The number of rotatable bonds is 2. The molecule has 0 bridgehead atoms. The van der Waals surface area contributed by atoms with Crippen LogP contribution in [0.5, 0.6) is 0 Å². The SMILES string of the molecule is c1coc(-c2nc3cccnc3nc2-c2ccco2)c1. The van der Waals surface area contributed by atoms with Crippen molar-refractivity contribution in [2.24, 2.45) is 0 Å². The topological polar surface area (TPSA) is 65.0 Å². The van der Waals surface area contributed by atoms with Crippen LogP contribution in [-0.4, -0.2) is 15.0 Å². The molecule has 0 saturated carbocycles. The van der Waals surface area contributed by atoms with Gasteiger partial charge >= 0.3 is 0 Å². The standard InChI is InChI=1S/C15H9N3O2/c1-4-10-15(16-7-1)18-14(12-6-3-9-20-12)13(17-10)11-5-2-8-19-11/h1-9H. The minimum atomic E-state index is 0.578. The Hall–Kier alpha value is -2.95. The van der Waals surface area contributed by atoms with Crippen LogP contribution in [0.4, 0.5) is 0 Å². The summed E-state index contributed by atoms with van der Waals surface area (Å²) in [5, 5.41) is 0. The zero-order chi connectivity index (χ0) is 13.4. The average Bonchev–Trinajstić information content (AvgIpc) is 3.19. The first-order valence-corrected chi connectivity index (χ1v) is 6.12. The van der Waals surface area contributed by atoms with Crippen LogP contribution in [0.1, 0.15) is 0 Å². The van der Waals surface area contributed by atoms with E-state index in [9.17, 15) is 0 Å². The molecular formula is C15H9N3O2. The molecule has 5 heteroatoms. The third kappa shape index (κ3) is 1.68. The van der Waals surface area contributed by atoms with Crippen LogP contribution in [0.25, 0.3) is 34.1 Å². The number of pyridine rings is 1. The van der Waals surface area contributed by atoms with Gasteiger partial charge in [-0.3, -0.25) is 0 Å². The zero-order valence-corrected chi connectivity index (χ0v) is 10.4. The Morgan fingerprint density at radius 2 is 1.45 bits per heavy atom. The van der Waals surface area contributed by atoms with Crippen molar-refractivity contribution in [3.63, 3.8) is 0 Å². The molecule has 96 valence electrons. The first-order valence-electron chi connectivity index (χ1n) is 6.12. The maximum absolute atomic E-state index is 5.44. The lowest BCUT2D eigenvalue weighted by atomic mass is 10.2. The molecule has 20 heavy (non-hydrogen) atoms. The Labute approximate surface area is 113 Å². The molecular weight excluding hydrogens is 254 g/mol. The van der Waals surface area contributed by atoms with E-state index in [0.29, 0.717) is 34.1 Å². The van der Waals surface area contributed by atoms with Gasteiger partial charge in [0.15, 0.2) is 17.2 Å². The molecule has 0 aromatic carbocycles. The molecule has 4 heterocycles. The first-order chi connectivity index (χ1) is 9.92. The van der Waals surface area contributed by atoms with Gasteiger partial charge in [0, 0.05) is 6.20 Å². The van der Waals surface area contributed by atoms with Crippen LogP contribution in [-0.2, 0) is 0 Å². The van der Waals surface area contributed by atoms with Crippen LogP contribution in [0, 0.1) is 0 Å². The molecule has 4 aromatic heterocycles. The van der Waals surface area contributed by atoms with Gasteiger partial charge in [-0.1, -0.05) is 0 Å². The van der Waals surface area contributed by atoms with Crippen molar-refractivity contribution < 1.29 is 8.83 Å². The van der Waals surface area contributed by atoms with Gasteiger partial charge in [-0.25, -0.2) is 15.0 Å². The lowest BCUT2D eigenvalue weighted by Gasteiger charge is -2.05. The van der Waals surface area contributed by atoms with Crippen LogP contribution in [0.15, 0.2) is 64.0 Å². The summed E-state index contributed by atoms with van der Waals surface area (Å²) >= 11 is 0. The molecule has 5 nitrogen and oxygen atoms in total. The maximum atomic E-state index is 5.44. The highest BCUT2D eigenvalue weighted by molar-refractivity contribution is 5.81. The Morgan fingerprint density at radius 3 is 2.10 bits per heavy atom. The number of furan rings is 2. The molecule has 0 saturated heterocycles. The van der Waals surface area contributed by atoms with E-state index in [0.717, 1.165) is 0 Å². The summed E-state index contributed by atoms with van der Waals surface area (Å²) in [5.74, 6) is 1.28. The minimum Gasteiger partial charge on any atom is -0.463 e. The summed E-state index contributed by atoms with van der Waals surface area (Å²) in [4.78, 5) is 13.4. The number of aromatic nitrogens is 3. The zero-order valence-electron chi connectivity index (χ0n) is 10.4. The number of nitrogens with zero attached hydrogens (tertiary/aromatic N) is 3. The fourth-order valence-electron chi connectivity index (χ4n) is 2.06. The molecule has 0 amide bonds. The van der Waals surface area contributed by atoms with Gasteiger partial charge in [0.2, 0.25) is 0 Å². The summed E-state index contributed by atoms with van der Waals surface area (Å²) in [7, 11) is 0.